The van der Waals surface area contributed by atoms with E-state index in [2.05, 4.69) is 34.5 Å². The van der Waals surface area contributed by atoms with E-state index in [1.54, 1.807) is 12.1 Å². The molecule has 138 valence electrons. The Morgan fingerprint density at radius 1 is 1.23 bits per heavy atom. The maximum atomic E-state index is 12.8. The van der Waals surface area contributed by atoms with Crippen molar-refractivity contribution in [3.63, 3.8) is 0 Å². The van der Waals surface area contributed by atoms with Gasteiger partial charge in [-0.05, 0) is 23.6 Å². The fourth-order valence-corrected chi connectivity index (χ4v) is 3.17. The highest BCUT2D eigenvalue weighted by atomic mass is 32.1. The summed E-state index contributed by atoms with van der Waals surface area (Å²) in [6.07, 6.45) is -4.30. The molecule has 3 aromatic rings. The fraction of sp³-hybridized carbons (Fsp3) is 0.375. The number of benzene rings is 1. The molecule has 0 fully saturated rings. The average molecular weight is 383 g/mol. The van der Waals surface area contributed by atoms with E-state index in [1.807, 2.05) is 12.1 Å². The van der Waals surface area contributed by atoms with Gasteiger partial charge in [-0.15, -0.1) is 10.2 Å². The second-order valence-electron chi connectivity index (χ2n) is 5.99. The summed E-state index contributed by atoms with van der Waals surface area (Å²) in [6.45, 7) is 4.40. The van der Waals surface area contributed by atoms with Crippen LogP contribution in [0, 0.1) is 0 Å². The van der Waals surface area contributed by atoms with Crippen LogP contribution < -0.4 is 5.32 Å². The third-order valence-corrected chi connectivity index (χ3v) is 4.71. The number of carbonyl (C=O) groups is 1. The third kappa shape index (κ3) is 3.85. The van der Waals surface area contributed by atoms with Gasteiger partial charge in [0.15, 0.2) is 0 Å². The van der Waals surface area contributed by atoms with Crippen molar-refractivity contribution in [2.45, 2.75) is 32.4 Å². The summed E-state index contributed by atoms with van der Waals surface area (Å²) in [7, 11) is 0. The average Bonchev–Trinajstić information content (AvgIpc) is 3.14. The largest absolute Gasteiger partial charge is 0.453 e. The first-order valence-electron chi connectivity index (χ1n) is 7.92. The topological polar surface area (TPSA) is 72.2 Å². The Bertz CT molecular complexity index is 914. The standard InChI is InChI=1S/C16H16F3N5OS/c1-9(2)10-3-5-11(6-4-10)13(25)20-8-7-12-23-24-14(16(17,18)19)21-22-15(24)26-12/h3-6,9H,7-8H2,1-2H3,(H,20,25). The monoisotopic (exact) mass is 383 g/mol. The third-order valence-electron chi connectivity index (χ3n) is 3.75. The lowest BCUT2D eigenvalue weighted by Gasteiger charge is -2.07. The van der Waals surface area contributed by atoms with Crippen LogP contribution in [0.1, 0.15) is 46.5 Å². The number of hydrogen-bond donors (Lipinski definition) is 1. The van der Waals surface area contributed by atoms with Crippen LogP contribution in [0.4, 0.5) is 13.2 Å². The first-order chi connectivity index (χ1) is 12.3. The molecule has 2 aromatic heterocycles. The van der Waals surface area contributed by atoms with Crippen molar-refractivity contribution >= 4 is 22.2 Å². The summed E-state index contributed by atoms with van der Waals surface area (Å²) in [5.74, 6) is -1.00. The lowest BCUT2D eigenvalue weighted by molar-refractivity contribution is -0.146. The molecule has 6 nitrogen and oxygen atoms in total. The quantitative estimate of drug-likeness (QED) is 0.734. The van der Waals surface area contributed by atoms with Crippen molar-refractivity contribution in [1.29, 1.82) is 0 Å². The van der Waals surface area contributed by atoms with Crippen molar-refractivity contribution in [1.82, 2.24) is 25.1 Å². The van der Waals surface area contributed by atoms with Crippen LogP contribution in [0.3, 0.4) is 0 Å². The second kappa shape index (κ2) is 7.02. The second-order valence-corrected chi connectivity index (χ2v) is 7.03. The molecule has 2 heterocycles. The molecule has 0 saturated carbocycles. The number of alkyl halides is 3. The Balaban J connectivity index is 1.60. The minimum atomic E-state index is -4.61. The van der Waals surface area contributed by atoms with Crippen molar-refractivity contribution in [3.05, 3.63) is 46.2 Å². The molecule has 0 aliphatic heterocycles. The highest BCUT2D eigenvalue weighted by molar-refractivity contribution is 7.16. The lowest BCUT2D eigenvalue weighted by atomic mass is 10.0. The van der Waals surface area contributed by atoms with Gasteiger partial charge in [0.1, 0.15) is 5.01 Å². The van der Waals surface area contributed by atoms with Gasteiger partial charge < -0.3 is 5.32 Å². The van der Waals surface area contributed by atoms with E-state index in [0.29, 0.717) is 27.4 Å². The van der Waals surface area contributed by atoms with E-state index in [9.17, 15) is 18.0 Å². The molecule has 0 bridgehead atoms. The van der Waals surface area contributed by atoms with E-state index in [4.69, 9.17) is 0 Å². The number of aromatic nitrogens is 4. The summed E-state index contributed by atoms with van der Waals surface area (Å²) >= 11 is 1.01. The first kappa shape index (κ1) is 18.3. The van der Waals surface area contributed by atoms with E-state index in [-0.39, 0.29) is 17.4 Å². The van der Waals surface area contributed by atoms with Crippen LogP contribution in [0.15, 0.2) is 24.3 Å². The van der Waals surface area contributed by atoms with Gasteiger partial charge in [0.25, 0.3) is 11.7 Å². The SMILES string of the molecule is CC(C)c1ccc(C(=O)NCCc2nn3c(C(F)(F)F)nnc3s2)cc1. The smallest absolute Gasteiger partial charge is 0.352 e. The predicted molar refractivity (Wildman–Crippen MR) is 90.2 cm³/mol. The molecule has 1 N–H and O–H groups in total. The minimum Gasteiger partial charge on any atom is -0.352 e. The van der Waals surface area contributed by atoms with Crippen LogP contribution in [-0.2, 0) is 12.6 Å². The lowest BCUT2D eigenvalue weighted by Crippen LogP contribution is -2.25. The van der Waals surface area contributed by atoms with Gasteiger partial charge in [-0.3, -0.25) is 4.79 Å². The highest BCUT2D eigenvalue weighted by Crippen LogP contribution is 2.28. The molecule has 1 aromatic carbocycles. The number of hydrogen-bond acceptors (Lipinski definition) is 5. The predicted octanol–water partition coefficient (Wildman–Crippen LogP) is 3.30. The summed E-state index contributed by atoms with van der Waals surface area (Å²) in [5.41, 5.74) is 1.67. The van der Waals surface area contributed by atoms with E-state index < -0.39 is 12.0 Å². The number of rotatable bonds is 5. The molecule has 0 radical (unpaired) electrons. The minimum absolute atomic E-state index is 0.0722. The zero-order valence-electron chi connectivity index (χ0n) is 14.0. The molecule has 0 spiro atoms. The van der Waals surface area contributed by atoms with Gasteiger partial charge in [0.2, 0.25) is 4.96 Å². The number of carbonyl (C=O) groups excluding carboxylic acids is 1. The summed E-state index contributed by atoms with van der Waals surface area (Å²) < 4.78 is 39.0. The Kier molecular flexibility index (Phi) is 4.94. The Morgan fingerprint density at radius 3 is 2.54 bits per heavy atom. The van der Waals surface area contributed by atoms with Gasteiger partial charge in [0, 0.05) is 18.5 Å². The van der Waals surface area contributed by atoms with Crippen LogP contribution in [0.5, 0.6) is 0 Å². The van der Waals surface area contributed by atoms with E-state index in [0.717, 1.165) is 16.9 Å². The number of halogens is 3. The van der Waals surface area contributed by atoms with Gasteiger partial charge in [-0.25, -0.2) is 0 Å². The molecular formula is C16H16F3N5OS. The molecule has 0 aliphatic carbocycles. The Labute approximate surface area is 151 Å². The van der Waals surface area contributed by atoms with Crippen LogP contribution in [0.25, 0.3) is 4.96 Å². The molecule has 0 saturated heterocycles. The molecule has 3 rings (SSSR count). The number of nitrogens with zero attached hydrogens (tertiary/aromatic N) is 4. The maximum absolute atomic E-state index is 12.8. The van der Waals surface area contributed by atoms with Crippen molar-refractivity contribution in [2.24, 2.45) is 0 Å². The van der Waals surface area contributed by atoms with Crippen molar-refractivity contribution in [3.8, 4) is 0 Å². The van der Waals surface area contributed by atoms with Gasteiger partial charge in [-0.1, -0.05) is 37.3 Å². The molecule has 0 aliphatic rings. The molecule has 10 heteroatoms. The zero-order valence-corrected chi connectivity index (χ0v) is 14.9. The number of fused-ring (bicyclic) bond motifs is 1. The molecule has 26 heavy (non-hydrogen) atoms. The van der Waals surface area contributed by atoms with Crippen LogP contribution in [-0.4, -0.2) is 32.3 Å². The zero-order chi connectivity index (χ0) is 18.9. The molecule has 0 atom stereocenters. The first-order valence-corrected chi connectivity index (χ1v) is 8.74. The van der Waals surface area contributed by atoms with Gasteiger partial charge in [0.05, 0.1) is 0 Å². The van der Waals surface area contributed by atoms with Crippen LogP contribution >= 0.6 is 11.3 Å². The molecule has 1 amide bonds. The summed E-state index contributed by atoms with van der Waals surface area (Å²) in [5, 5.41) is 13.6. The summed E-state index contributed by atoms with van der Waals surface area (Å²) in [4.78, 5) is 12.2. The number of amides is 1. The summed E-state index contributed by atoms with van der Waals surface area (Å²) in [6, 6.07) is 7.31. The fourth-order valence-electron chi connectivity index (χ4n) is 2.34. The van der Waals surface area contributed by atoms with Gasteiger partial charge >= 0.3 is 6.18 Å². The van der Waals surface area contributed by atoms with Crippen molar-refractivity contribution in [2.75, 3.05) is 6.54 Å². The number of nitrogens with one attached hydrogen (secondary N) is 1. The van der Waals surface area contributed by atoms with Crippen molar-refractivity contribution < 1.29 is 18.0 Å². The normalized spacial score (nSPS) is 12.1. The maximum Gasteiger partial charge on any atom is 0.453 e. The van der Waals surface area contributed by atoms with Crippen LogP contribution in [0.2, 0.25) is 0 Å². The van der Waals surface area contributed by atoms with E-state index >= 15 is 0 Å². The Hall–Kier alpha value is -2.49. The highest BCUT2D eigenvalue weighted by Gasteiger charge is 2.38. The van der Waals surface area contributed by atoms with E-state index in [1.165, 1.54) is 0 Å². The van der Waals surface area contributed by atoms with Gasteiger partial charge in [-0.2, -0.15) is 22.8 Å². The molecule has 0 unspecified atom stereocenters. The Morgan fingerprint density at radius 2 is 1.92 bits per heavy atom. The molecular weight excluding hydrogens is 367 g/mol.